The number of carbonyl (C=O) groups is 1. The van der Waals surface area contributed by atoms with Crippen LogP contribution in [0, 0.1) is 24.6 Å². The van der Waals surface area contributed by atoms with Crippen LogP contribution in [-0.2, 0) is 11.3 Å². The van der Waals surface area contributed by atoms with E-state index >= 15 is 0 Å². The first-order valence-electron chi connectivity index (χ1n) is 7.34. The van der Waals surface area contributed by atoms with E-state index in [1.165, 1.54) is 6.07 Å². The van der Waals surface area contributed by atoms with Gasteiger partial charge in [0, 0.05) is 12.5 Å². The van der Waals surface area contributed by atoms with E-state index in [9.17, 15) is 9.18 Å². The van der Waals surface area contributed by atoms with Gasteiger partial charge in [-0.2, -0.15) is 0 Å². The second kappa shape index (κ2) is 6.84. The quantitative estimate of drug-likeness (QED) is 0.889. The van der Waals surface area contributed by atoms with Crippen molar-refractivity contribution < 1.29 is 9.18 Å². The standard InChI is InChI=1S/C16H23FN2O/c1-11-6-7-12(8-15(11)17)10-19-16(20)14-5-3-2-4-13(14)9-18/h6-8,13-14H,2-5,9-10,18H2,1H3,(H,19,20). The van der Waals surface area contributed by atoms with E-state index < -0.39 is 0 Å². The van der Waals surface area contributed by atoms with Gasteiger partial charge >= 0.3 is 0 Å². The van der Waals surface area contributed by atoms with Gasteiger partial charge in [-0.1, -0.05) is 25.0 Å². The van der Waals surface area contributed by atoms with Crippen LogP contribution in [0.25, 0.3) is 0 Å². The fourth-order valence-electron chi connectivity index (χ4n) is 2.90. The Morgan fingerprint density at radius 1 is 1.40 bits per heavy atom. The topological polar surface area (TPSA) is 55.1 Å². The van der Waals surface area contributed by atoms with Gasteiger partial charge < -0.3 is 11.1 Å². The number of halogens is 1. The molecule has 0 saturated heterocycles. The summed E-state index contributed by atoms with van der Waals surface area (Å²) in [6.45, 7) is 2.67. The average molecular weight is 278 g/mol. The van der Waals surface area contributed by atoms with Crippen molar-refractivity contribution in [1.82, 2.24) is 5.32 Å². The molecule has 1 saturated carbocycles. The number of amides is 1. The Hall–Kier alpha value is -1.42. The van der Waals surface area contributed by atoms with Crippen LogP contribution in [0.3, 0.4) is 0 Å². The molecule has 3 nitrogen and oxygen atoms in total. The molecule has 3 N–H and O–H groups in total. The van der Waals surface area contributed by atoms with Crippen molar-refractivity contribution in [2.45, 2.75) is 39.2 Å². The molecule has 0 bridgehead atoms. The molecule has 2 rings (SSSR count). The van der Waals surface area contributed by atoms with E-state index in [1.807, 2.05) is 6.07 Å². The molecular formula is C16H23FN2O. The Kier molecular flexibility index (Phi) is 5.12. The molecule has 1 aromatic carbocycles. The zero-order valence-corrected chi connectivity index (χ0v) is 12.0. The van der Waals surface area contributed by atoms with E-state index in [2.05, 4.69) is 5.32 Å². The number of nitrogens with two attached hydrogens (primary N) is 1. The lowest BCUT2D eigenvalue weighted by atomic mass is 9.79. The summed E-state index contributed by atoms with van der Waals surface area (Å²) < 4.78 is 13.4. The van der Waals surface area contributed by atoms with E-state index in [0.29, 0.717) is 24.6 Å². The maximum Gasteiger partial charge on any atom is 0.223 e. The zero-order valence-electron chi connectivity index (χ0n) is 12.0. The molecule has 1 fully saturated rings. The number of rotatable bonds is 4. The number of nitrogens with one attached hydrogen (secondary N) is 1. The third-order valence-corrected chi connectivity index (χ3v) is 4.25. The molecule has 0 aromatic heterocycles. The summed E-state index contributed by atoms with van der Waals surface area (Å²) >= 11 is 0. The minimum absolute atomic E-state index is 0.0176. The number of hydrogen-bond acceptors (Lipinski definition) is 2. The molecule has 0 aliphatic heterocycles. The van der Waals surface area contributed by atoms with Gasteiger partial charge in [-0.15, -0.1) is 0 Å². The lowest BCUT2D eigenvalue weighted by Gasteiger charge is -2.29. The fraction of sp³-hybridized carbons (Fsp3) is 0.562. The highest BCUT2D eigenvalue weighted by atomic mass is 19.1. The van der Waals surface area contributed by atoms with Crippen LogP contribution in [0.2, 0.25) is 0 Å². The second-order valence-corrected chi connectivity index (χ2v) is 5.69. The van der Waals surface area contributed by atoms with Gasteiger partial charge in [-0.05, 0) is 49.4 Å². The summed E-state index contributed by atoms with van der Waals surface area (Å²) in [5, 5.41) is 2.92. The summed E-state index contributed by atoms with van der Waals surface area (Å²) in [5.74, 6) is 0.137. The molecule has 0 radical (unpaired) electrons. The Bertz CT molecular complexity index is 476. The highest BCUT2D eigenvalue weighted by Crippen LogP contribution is 2.29. The number of benzene rings is 1. The summed E-state index contributed by atoms with van der Waals surface area (Å²) in [4.78, 5) is 12.2. The molecule has 0 heterocycles. The first kappa shape index (κ1) is 15.0. The Morgan fingerprint density at radius 3 is 2.85 bits per heavy atom. The third-order valence-electron chi connectivity index (χ3n) is 4.25. The number of hydrogen-bond donors (Lipinski definition) is 2. The second-order valence-electron chi connectivity index (χ2n) is 5.69. The first-order chi connectivity index (χ1) is 9.61. The molecule has 2 atom stereocenters. The van der Waals surface area contributed by atoms with Crippen LogP contribution in [0.1, 0.15) is 36.8 Å². The maximum absolute atomic E-state index is 13.4. The normalized spacial score (nSPS) is 22.6. The summed E-state index contributed by atoms with van der Waals surface area (Å²) in [6.07, 6.45) is 4.20. The molecule has 1 amide bonds. The predicted octanol–water partition coefficient (Wildman–Crippen LogP) is 2.52. The van der Waals surface area contributed by atoms with Crippen molar-refractivity contribution in [2.24, 2.45) is 17.6 Å². The average Bonchev–Trinajstić information content (AvgIpc) is 2.48. The molecule has 0 spiro atoms. The van der Waals surface area contributed by atoms with Crippen molar-refractivity contribution in [1.29, 1.82) is 0 Å². The van der Waals surface area contributed by atoms with Crippen molar-refractivity contribution in [3.8, 4) is 0 Å². The molecule has 4 heteroatoms. The van der Waals surface area contributed by atoms with E-state index in [-0.39, 0.29) is 17.6 Å². The Balaban J connectivity index is 1.92. The molecular weight excluding hydrogens is 255 g/mol. The van der Waals surface area contributed by atoms with Gasteiger partial charge in [-0.3, -0.25) is 4.79 Å². The van der Waals surface area contributed by atoms with Crippen LogP contribution in [0.15, 0.2) is 18.2 Å². The van der Waals surface area contributed by atoms with Crippen molar-refractivity contribution in [2.75, 3.05) is 6.54 Å². The Morgan fingerprint density at radius 2 is 2.15 bits per heavy atom. The summed E-state index contributed by atoms with van der Waals surface area (Å²) in [6, 6.07) is 5.07. The van der Waals surface area contributed by atoms with Crippen LogP contribution >= 0.6 is 0 Å². The minimum Gasteiger partial charge on any atom is -0.352 e. The minimum atomic E-state index is -0.228. The van der Waals surface area contributed by atoms with Gasteiger partial charge in [0.05, 0.1) is 0 Å². The van der Waals surface area contributed by atoms with Gasteiger partial charge in [0.25, 0.3) is 0 Å². The molecule has 2 unspecified atom stereocenters. The number of carbonyl (C=O) groups excluding carboxylic acids is 1. The third kappa shape index (κ3) is 3.57. The largest absolute Gasteiger partial charge is 0.352 e. The van der Waals surface area contributed by atoms with E-state index in [1.54, 1.807) is 13.0 Å². The first-order valence-corrected chi connectivity index (χ1v) is 7.34. The lowest BCUT2D eigenvalue weighted by molar-refractivity contribution is -0.127. The molecule has 20 heavy (non-hydrogen) atoms. The zero-order chi connectivity index (χ0) is 14.5. The van der Waals surface area contributed by atoms with Gasteiger partial charge in [0.2, 0.25) is 5.91 Å². The molecule has 1 aliphatic carbocycles. The smallest absolute Gasteiger partial charge is 0.223 e. The van der Waals surface area contributed by atoms with Crippen LogP contribution < -0.4 is 11.1 Å². The Labute approximate surface area is 119 Å². The molecule has 1 aromatic rings. The van der Waals surface area contributed by atoms with Crippen LogP contribution in [0.5, 0.6) is 0 Å². The molecule has 1 aliphatic rings. The van der Waals surface area contributed by atoms with Crippen molar-refractivity contribution in [3.63, 3.8) is 0 Å². The predicted molar refractivity (Wildman–Crippen MR) is 77.5 cm³/mol. The SMILES string of the molecule is Cc1ccc(CNC(=O)C2CCCCC2CN)cc1F. The van der Waals surface area contributed by atoms with Crippen molar-refractivity contribution in [3.05, 3.63) is 35.1 Å². The van der Waals surface area contributed by atoms with Crippen molar-refractivity contribution >= 4 is 5.91 Å². The molecule has 110 valence electrons. The van der Waals surface area contributed by atoms with Gasteiger partial charge in [0.15, 0.2) is 0 Å². The number of aryl methyl sites for hydroxylation is 1. The van der Waals surface area contributed by atoms with E-state index in [4.69, 9.17) is 5.73 Å². The summed E-state index contributed by atoms with van der Waals surface area (Å²) in [7, 11) is 0. The maximum atomic E-state index is 13.4. The van der Waals surface area contributed by atoms with E-state index in [0.717, 1.165) is 31.2 Å². The highest BCUT2D eigenvalue weighted by Gasteiger charge is 2.29. The van der Waals surface area contributed by atoms with Crippen LogP contribution in [-0.4, -0.2) is 12.5 Å². The monoisotopic (exact) mass is 278 g/mol. The van der Waals surface area contributed by atoms with Crippen LogP contribution in [0.4, 0.5) is 4.39 Å². The lowest BCUT2D eigenvalue weighted by Crippen LogP contribution is -2.39. The highest BCUT2D eigenvalue weighted by molar-refractivity contribution is 5.79. The summed E-state index contributed by atoms with van der Waals surface area (Å²) in [5.41, 5.74) is 7.16. The fourth-order valence-corrected chi connectivity index (χ4v) is 2.90. The van der Waals surface area contributed by atoms with Gasteiger partial charge in [0.1, 0.15) is 5.82 Å². The van der Waals surface area contributed by atoms with Gasteiger partial charge in [-0.25, -0.2) is 4.39 Å².